The molecule has 9 nitrogen and oxygen atoms in total. The lowest BCUT2D eigenvalue weighted by Gasteiger charge is -2.29. The van der Waals surface area contributed by atoms with Gasteiger partial charge in [-0.2, -0.15) is 0 Å². The van der Waals surface area contributed by atoms with Crippen LogP contribution in [0.2, 0.25) is 0 Å². The Labute approximate surface area is 219 Å². The van der Waals surface area contributed by atoms with E-state index in [1.807, 2.05) is 13.0 Å². The Hall–Kier alpha value is -3.62. The van der Waals surface area contributed by atoms with Gasteiger partial charge in [0.05, 0.1) is 45.3 Å². The molecule has 0 bridgehead atoms. The lowest BCUT2D eigenvalue weighted by molar-refractivity contribution is 0.0918. The third kappa shape index (κ3) is 6.99. The van der Waals surface area contributed by atoms with E-state index in [4.69, 9.17) is 24.7 Å². The number of hydrogen-bond donors (Lipinski definition) is 3. The van der Waals surface area contributed by atoms with Crippen molar-refractivity contribution in [1.29, 1.82) is 0 Å². The summed E-state index contributed by atoms with van der Waals surface area (Å²) in [6.07, 6.45) is 6.12. The molecule has 0 radical (unpaired) electrons. The zero-order valence-electron chi connectivity index (χ0n) is 22.4. The summed E-state index contributed by atoms with van der Waals surface area (Å²) in [4.78, 5) is 24.8. The molecule has 0 atom stereocenters. The van der Waals surface area contributed by atoms with Crippen molar-refractivity contribution >= 4 is 17.5 Å². The normalized spacial score (nSPS) is 17.0. The van der Waals surface area contributed by atoms with Gasteiger partial charge in [0.25, 0.3) is 11.8 Å². The predicted molar refractivity (Wildman–Crippen MR) is 143 cm³/mol. The van der Waals surface area contributed by atoms with Crippen LogP contribution in [-0.2, 0) is 0 Å². The summed E-state index contributed by atoms with van der Waals surface area (Å²) < 4.78 is 21.4. The molecule has 1 saturated carbocycles. The minimum absolute atomic E-state index is 0.0808. The monoisotopic (exact) mass is 513 g/mol. The summed E-state index contributed by atoms with van der Waals surface area (Å²) >= 11 is 0. The van der Waals surface area contributed by atoms with Gasteiger partial charge in [0.2, 0.25) is 0 Å². The van der Waals surface area contributed by atoms with E-state index in [-0.39, 0.29) is 28.8 Å². The van der Waals surface area contributed by atoms with Crippen LogP contribution in [0.1, 0.15) is 64.8 Å². The highest BCUT2D eigenvalue weighted by Gasteiger charge is 2.25. The van der Waals surface area contributed by atoms with Crippen LogP contribution in [0.3, 0.4) is 0 Å². The summed E-state index contributed by atoms with van der Waals surface area (Å²) in [5.74, 6) is 1.88. The molecule has 2 amide bonds. The van der Waals surface area contributed by atoms with Crippen molar-refractivity contribution in [2.45, 2.75) is 51.5 Å². The number of primary amides is 1. The minimum Gasteiger partial charge on any atom is -0.496 e. The van der Waals surface area contributed by atoms with E-state index in [1.54, 1.807) is 14.2 Å². The Morgan fingerprint density at radius 2 is 1.43 bits per heavy atom. The Balaban J connectivity index is 1.48. The molecule has 1 fully saturated rings. The lowest BCUT2D eigenvalue weighted by atomic mass is 9.83. The van der Waals surface area contributed by atoms with Gasteiger partial charge in [0.15, 0.2) is 0 Å². The number of methoxy groups -OCH3 is 4. The summed E-state index contributed by atoms with van der Waals surface area (Å²) in [7, 11) is 6.23. The molecule has 0 saturated heterocycles. The maximum atomic E-state index is 13.0. The average Bonchev–Trinajstić information content (AvgIpc) is 2.91. The van der Waals surface area contributed by atoms with Crippen molar-refractivity contribution in [3.05, 3.63) is 41.0 Å². The molecule has 0 unspecified atom stereocenters. The first-order chi connectivity index (χ1) is 17.8. The Morgan fingerprint density at radius 1 is 0.838 bits per heavy atom. The van der Waals surface area contributed by atoms with E-state index in [0.29, 0.717) is 11.7 Å². The first kappa shape index (κ1) is 28.0. The van der Waals surface area contributed by atoms with E-state index >= 15 is 0 Å². The largest absolute Gasteiger partial charge is 0.496 e. The van der Waals surface area contributed by atoms with Crippen LogP contribution in [0.15, 0.2) is 24.3 Å². The molecule has 37 heavy (non-hydrogen) atoms. The fraction of sp³-hybridized carbons (Fsp3) is 0.500. The highest BCUT2D eigenvalue weighted by atomic mass is 16.5. The molecule has 4 N–H and O–H groups in total. The zero-order chi connectivity index (χ0) is 26.9. The van der Waals surface area contributed by atoms with Gasteiger partial charge < -0.3 is 35.3 Å². The maximum Gasteiger partial charge on any atom is 0.255 e. The molecule has 1 aliphatic rings. The molecule has 1 aliphatic carbocycles. The SMILES string of the molecule is COc1cc(OC)c(NCCCC2CCC(NC(=O)c3cc(C(N)=O)c(OC)cc3OC)CC2)cc1C. The second-order valence-electron chi connectivity index (χ2n) is 9.40. The molecule has 3 rings (SSSR count). The van der Waals surface area contributed by atoms with Crippen molar-refractivity contribution in [1.82, 2.24) is 5.32 Å². The third-order valence-corrected chi connectivity index (χ3v) is 7.04. The fourth-order valence-corrected chi connectivity index (χ4v) is 4.94. The summed E-state index contributed by atoms with van der Waals surface area (Å²) in [5, 5.41) is 6.59. The van der Waals surface area contributed by atoms with Gasteiger partial charge >= 0.3 is 0 Å². The smallest absolute Gasteiger partial charge is 0.255 e. The number of nitrogens with two attached hydrogens (primary N) is 1. The molecule has 2 aromatic rings. The average molecular weight is 514 g/mol. The number of benzene rings is 2. The van der Waals surface area contributed by atoms with Crippen LogP contribution in [0.4, 0.5) is 5.69 Å². The number of nitrogens with one attached hydrogen (secondary N) is 2. The maximum absolute atomic E-state index is 13.0. The van der Waals surface area contributed by atoms with Gasteiger partial charge in [0.1, 0.15) is 23.0 Å². The molecule has 0 spiro atoms. The zero-order valence-corrected chi connectivity index (χ0v) is 22.4. The van der Waals surface area contributed by atoms with Gasteiger partial charge in [-0.1, -0.05) is 0 Å². The van der Waals surface area contributed by atoms with Crippen molar-refractivity contribution in [2.75, 3.05) is 40.3 Å². The summed E-state index contributed by atoms with van der Waals surface area (Å²) in [6.45, 7) is 2.88. The first-order valence-corrected chi connectivity index (χ1v) is 12.6. The highest BCUT2D eigenvalue weighted by molar-refractivity contribution is 6.02. The van der Waals surface area contributed by atoms with Gasteiger partial charge in [-0.3, -0.25) is 9.59 Å². The number of carbonyl (C=O) groups is 2. The van der Waals surface area contributed by atoms with Gasteiger partial charge in [-0.25, -0.2) is 0 Å². The topological polar surface area (TPSA) is 121 Å². The molecule has 202 valence electrons. The minimum atomic E-state index is -0.663. The number of aryl methyl sites for hydroxylation is 1. The molecule has 0 aliphatic heterocycles. The van der Waals surface area contributed by atoms with Gasteiger partial charge in [-0.15, -0.1) is 0 Å². The van der Waals surface area contributed by atoms with E-state index in [2.05, 4.69) is 16.7 Å². The van der Waals surface area contributed by atoms with E-state index in [1.165, 1.54) is 26.4 Å². The number of rotatable bonds is 12. The van der Waals surface area contributed by atoms with Crippen LogP contribution < -0.4 is 35.3 Å². The Bertz CT molecular complexity index is 1100. The molecule has 9 heteroatoms. The molecule has 2 aromatic carbocycles. The number of ether oxygens (including phenoxy) is 4. The quantitative estimate of drug-likeness (QED) is 0.362. The standard InChI is InChI=1S/C28H39N3O6/c1-17-13-22(26(37-5)15-23(17)34-2)30-12-6-7-18-8-10-19(11-9-18)31-28(33)21-14-20(27(29)32)24(35-3)16-25(21)36-4/h13-16,18-19,30H,6-12H2,1-5H3,(H2,29,32)(H,31,33). The van der Waals surface area contributed by atoms with Crippen molar-refractivity contribution < 1.29 is 28.5 Å². The number of anilines is 1. The highest BCUT2D eigenvalue weighted by Crippen LogP contribution is 2.33. The lowest BCUT2D eigenvalue weighted by Crippen LogP contribution is -2.38. The number of carbonyl (C=O) groups excluding carboxylic acids is 2. The van der Waals surface area contributed by atoms with Crippen molar-refractivity contribution in [3.63, 3.8) is 0 Å². The molecule has 0 heterocycles. The fourth-order valence-electron chi connectivity index (χ4n) is 4.94. The Kier molecular flexibility index (Phi) is 9.88. The first-order valence-electron chi connectivity index (χ1n) is 12.6. The summed E-state index contributed by atoms with van der Waals surface area (Å²) in [6, 6.07) is 6.99. The van der Waals surface area contributed by atoms with E-state index in [0.717, 1.165) is 67.8 Å². The molecular formula is C28H39N3O6. The van der Waals surface area contributed by atoms with Crippen LogP contribution >= 0.6 is 0 Å². The number of hydrogen-bond acceptors (Lipinski definition) is 7. The third-order valence-electron chi connectivity index (χ3n) is 7.04. The Morgan fingerprint density at radius 3 is 2.03 bits per heavy atom. The van der Waals surface area contributed by atoms with Crippen molar-refractivity contribution in [3.8, 4) is 23.0 Å². The summed E-state index contributed by atoms with van der Waals surface area (Å²) in [5.41, 5.74) is 7.91. The van der Waals surface area contributed by atoms with Crippen LogP contribution in [0.5, 0.6) is 23.0 Å². The molecular weight excluding hydrogens is 474 g/mol. The molecule has 0 aromatic heterocycles. The van der Waals surface area contributed by atoms with Crippen LogP contribution in [0, 0.1) is 12.8 Å². The van der Waals surface area contributed by atoms with E-state index < -0.39 is 5.91 Å². The number of amides is 2. The predicted octanol–water partition coefficient (Wildman–Crippen LogP) is 4.31. The van der Waals surface area contributed by atoms with Crippen LogP contribution in [0.25, 0.3) is 0 Å². The van der Waals surface area contributed by atoms with Crippen molar-refractivity contribution in [2.24, 2.45) is 11.7 Å². The van der Waals surface area contributed by atoms with Crippen LogP contribution in [-0.4, -0.2) is 52.8 Å². The second kappa shape index (κ2) is 13.1. The van der Waals surface area contributed by atoms with Gasteiger partial charge in [0, 0.05) is 24.7 Å². The van der Waals surface area contributed by atoms with E-state index in [9.17, 15) is 9.59 Å². The van der Waals surface area contributed by atoms with Gasteiger partial charge in [-0.05, 0) is 69.1 Å². The second-order valence-corrected chi connectivity index (χ2v) is 9.40.